The first kappa shape index (κ1) is 22.4. The minimum absolute atomic E-state index is 0.126. The third kappa shape index (κ3) is 5.08. The lowest BCUT2D eigenvalue weighted by Gasteiger charge is -2.38. The molecule has 0 radical (unpaired) electrons. The van der Waals surface area contributed by atoms with E-state index in [1.807, 2.05) is 13.1 Å². The first-order valence-electron chi connectivity index (χ1n) is 12.0. The molecule has 3 aromatic rings. The zero-order valence-corrected chi connectivity index (χ0v) is 20.3. The third-order valence-electron chi connectivity index (χ3n) is 6.95. The van der Waals surface area contributed by atoms with Crippen molar-refractivity contribution in [1.29, 1.82) is 0 Å². The zero-order valence-electron chi connectivity index (χ0n) is 19.5. The van der Waals surface area contributed by atoms with Crippen molar-refractivity contribution in [2.75, 3.05) is 33.2 Å². The number of piperazine rings is 1. The molecule has 174 valence electrons. The van der Waals surface area contributed by atoms with Crippen LogP contribution < -0.4 is 5.32 Å². The van der Waals surface area contributed by atoms with Crippen molar-refractivity contribution in [3.63, 3.8) is 0 Å². The molecule has 1 atom stereocenters. The average Bonchev–Trinajstić information content (AvgIpc) is 3.29. The van der Waals surface area contributed by atoms with Gasteiger partial charge in [0.1, 0.15) is 16.2 Å². The van der Waals surface area contributed by atoms with Crippen molar-refractivity contribution in [3.05, 3.63) is 41.2 Å². The quantitative estimate of drug-likeness (QED) is 0.615. The number of rotatable bonds is 5. The fourth-order valence-corrected chi connectivity index (χ4v) is 5.59. The Bertz CT molecular complexity index is 1120. The number of aromatic nitrogens is 3. The van der Waals surface area contributed by atoms with Crippen molar-refractivity contribution >= 4 is 28.0 Å². The Morgan fingerprint density at radius 2 is 1.85 bits per heavy atom. The number of nitrogens with one attached hydrogen (secondary N) is 1. The van der Waals surface area contributed by atoms with Crippen molar-refractivity contribution < 1.29 is 4.79 Å². The van der Waals surface area contributed by atoms with E-state index in [1.165, 1.54) is 6.42 Å². The molecule has 2 fully saturated rings. The summed E-state index contributed by atoms with van der Waals surface area (Å²) in [6, 6.07) is 8.46. The van der Waals surface area contributed by atoms with E-state index in [-0.39, 0.29) is 18.0 Å². The largest absolute Gasteiger partial charge is 0.335 e. The molecule has 1 unspecified atom stereocenters. The lowest BCUT2D eigenvalue weighted by atomic mass is 9.88. The summed E-state index contributed by atoms with van der Waals surface area (Å²) in [4.78, 5) is 22.7. The Kier molecular flexibility index (Phi) is 6.66. The van der Waals surface area contributed by atoms with E-state index in [0.717, 1.165) is 83.9 Å². The molecule has 7 nitrogen and oxygen atoms in total. The SMILES string of the molecule is Cc1nnc(-c2ccc3cnc(C(NC(=O)C4CCCCC4)N4CCN(C)CC4)cc3c2)s1. The highest BCUT2D eigenvalue weighted by molar-refractivity contribution is 7.14. The van der Waals surface area contributed by atoms with Crippen LogP contribution in [0.25, 0.3) is 21.3 Å². The maximum atomic E-state index is 13.2. The molecule has 1 amide bonds. The highest BCUT2D eigenvalue weighted by atomic mass is 32.1. The van der Waals surface area contributed by atoms with Gasteiger partial charge in [0.2, 0.25) is 5.91 Å². The summed E-state index contributed by atoms with van der Waals surface area (Å²) < 4.78 is 0. The van der Waals surface area contributed by atoms with Crippen molar-refractivity contribution in [2.24, 2.45) is 5.92 Å². The molecular formula is C25H32N6OS. The highest BCUT2D eigenvalue weighted by Crippen LogP contribution is 2.29. The number of hydrogen-bond acceptors (Lipinski definition) is 7. The molecule has 1 aliphatic heterocycles. The molecule has 1 saturated carbocycles. The zero-order chi connectivity index (χ0) is 22.8. The fraction of sp³-hybridized carbons (Fsp3) is 0.520. The molecule has 1 N–H and O–H groups in total. The maximum absolute atomic E-state index is 13.2. The molecule has 1 aliphatic carbocycles. The number of aryl methyl sites for hydroxylation is 1. The number of fused-ring (bicyclic) bond motifs is 1. The van der Waals surface area contributed by atoms with E-state index in [1.54, 1.807) is 11.3 Å². The minimum Gasteiger partial charge on any atom is -0.335 e. The van der Waals surface area contributed by atoms with Crippen LogP contribution >= 0.6 is 11.3 Å². The van der Waals surface area contributed by atoms with Gasteiger partial charge >= 0.3 is 0 Å². The van der Waals surface area contributed by atoms with E-state index in [2.05, 4.69) is 56.6 Å². The van der Waals surface area contributed by atoms with Crippen molar-refractivity contribution in [2.45, 2.75) is 45.2 Å². The topological polar surface area (TPSA) is 74.2 Å². The lowest BCUT2D eigenvalue weighted by molar-refractivity contribution is -0.128. The van der Waals surface area contributed by atoms with Crippen LogP contribution in [0.3, 0.4) is 0 Å². The summed E-state index contributed by atoms with van der Waals surface area (Å²) in [5, 5.41) is 15.9. The van der Waals surface area contributed by atoms with Crippen LogP contribution in [0.15, 0.2) is 30.5 Å². The second-order valence-corrected chi connectivity index (χ2v) is 10.6. The smallest absolute Gasteiger partial charge is 0.224 e. The standard InChI is InChI=1S/C25H32N6OS/c1-17-28-29-25(33-17)19-8-9-20-16-26-22(15-21(20)14-19)23(31-12-10-30(2)11-13-31)27-24(32)18-6-4-3-5-7-18/h8-9,14-16,18,23H,3-7,10-13H2,1-2H3,(H,27,32). The van der Waals surface area contributed by atoms with Gasteiger partial charge in [-0.15, -0.1) is 10.2 Å². The van der Waals surface area contributed by atoms with Crippen LogP contribution in [0.2, 0.25) is 0 Å². The monoisotopic (exact) mass is 464 g/mol. The van der Waals surface area contributed by atoms with Gasteiger partial charge in [0.25, 0.3) is 0 Å². The number of benzene rings is 1. The van der Waals surface area contributed by atoms with Crippen LogP contribution in [0.4, 0.5) is 0 Å². The van der Waals surface area contributed by atoms with Gasteiger partial charge in [-0.2, -0.15) is 0 Å². The highest BCUT2D eigenvalue weighted by Gasteiger charge is 2.30. The van der Waals surface area contributed by atoms with E-state index in [9.17, 15) is 4.79 Å². The van der Waals surface area contributed by atoms with E-state index in [4.69, 9.17) is 4.98 Å². The second-order valence-electron chi connectivity index (χ2n) is 9.38. The second kappa shape index (κ2) is 9.83. The van der Waals surface area contributed by atoms with Gasteiger partial charge in [0, 0.05) is 49.2 Å². The van der Waals surface area contributed by atoms with Crippen LogP contribution in [0, 0.1) is 12.8 Å². The molecule has 3 heterocycles. The third-order valence-corrected chi connectivity index (χ3v) is 7.84. The van der Waals surface area contributed by atoms with Gasteiger partial charge in [0.15, 0.2) is 0 Å². The molecule has 2 aliphatic rings. The Morgan fingerprint density at radius 3 is 2.58 bits per heavy atom. The Hall–Kier alpha value is -2.42. The number of hydrogen-bond donors (Lipinski definition) is 1. The van der Waals surface area contributed by atoms with Gasteiger partial charge in [-0.1, -0.05) is 42.7 Å². The first-order valence-corrected chi connectivity index (χ1v) is 12.8. The summed E-state index contributed by atoms with van der Waals surface area (Å²) in [6.07, 6.45) is 7.27. The van der Waals surface area contributed by atoms with Gasteiger partial charge in [-0.3, -0.25) is 14.7 Å². The first-order chi connectivity index (χ1) is 16.1. The normalized spacial score (nSPS) is 19.6. The van der Waals surface area contributed by atoms with Gasteiger partial charge in [-0.05, 0) is 44.3 Å². The van der Waals surface area contributed by atoms with E-state index >= 15 is 0 Å². The maximum Gasteiger partial charge on any atom is 0.224 e. The number of amides is 1. The van der Waals surface area contributed by atoms with E-state index < -0.39 is 0 Å². The van der Waals surface area contributed by atoms with Crippen molar-refractivity contribution in [3.8, 4) is 10.6 Å². The predicted octanol–water partition coefficient (Wildman–Crippen LogP) is 4.00. The number of carbonyl (C=O) groups is 1. The molecule has 1 saturated heterocycles. The van der Waals surface area contributed by atoms with Gasteiger partial charge in [0.05, 0.1) is 5.69 Å². The van der Waals surface area contributed by atoms with E-state index in [0.29, 0.717) is 0 Å². The fourth-order valence-electron chi connectivity index (χ4n) is 4.90. The van der Waals surface area contributed by atoms with Crippen LogP contribution in [0.1, 0.15) is 49.0 Å². The summed E-state index contributed by atoms with van der Waals surface area (Å²) in [7, 11) is 2.15. The number of likely N-dealkylation sites (N-methyl/N-ethyl adjacent to an activating group) is 1. The van der Waals surface area contributed by atoms with Gasteiger partial charge < -0.3 is 10.2 Å². The van der Waals surface area contributed by atoms with Gasteiger partial charge in [-0.25, -0.2) is 0 Å². The molecule has 1 aromatic carbocycles. The average molecular weight is 465 g/mol. The summed E-state index contributed by atoms with van der Waals surface area (Å²) >= 11 is 1.60. The van der Waals surface area contributed by atoms with Crippen LogP contribution in [-0.4, -0.2) is 64.1 Å². The molecular weight excluding hydrogens is 432 g/mol. The number of pyridine rings is 1. The summed E-state index contributed by atoms with van der Waals surface area (Å²) in [5.41, 5.74) is 1.97. The van der Waals surface area contributed by atoms with Crippen molar-refractivity contribution in [1.82, 2.24) is 30.3 Å². The molecule has 2 aromatic heterocycles. The molecule has 8 heteroatoms. The lowest BCUT2D eigenvalue weighted by Crippen LogP contribution is -2.51. The molecule has 0 spiro atoms. The molecule has 0 bridgehead atoms. The molecule has 33 heavy (non-hydrogen) atoms. The Labute approximate surface area is 199 Å². The number of nitrogens with zero attached hydrogens (tertiary/aromatic N) is 5. The Balaban J connectivity index is 1.46. The van der Waals surface area contributed by atoms with Crippen LogP contribution in [0.5, 0.6) is 0 Å². The Morgan fingerprint density at radius 1 is 1.06 bits per heavy atom. The summed E-state index contributed by atoms with van der Waals surface area (Å²) in [6.45, 7) is 5.78. The minimum atomic E-state index is -0.204. The summed E-state index contributed by atoms with van der Waals surface area (Å²) in [5.74, 6) is 0.306. The number of carbonyl (C=O) groups excluding carboxylic acids is 1. The van der Waals surface area contributed by atoms with Crippen LogP contribution in [-0.2, 0) is 4.79 Å². The predicted molar refractivity (Wildman–Crippen MR) is 132 cm³/mol. The molecule has 5 rings (SSSR count).